The fraction of sp³-hybridized carbons (Fsp3) is 0.857. The number of rotatable bonds is 2. The van der Waals surface area contributed by atoms with Crippen LogP contribution in [0.1, 0.15) is 58.8 Å². The summed E-state index contributed by atoms with van der Waals surface area (Å²) in [6.07, 6.45) is 7.14. The van der Waals surface area contributed by atoms with Crippen LogP contribution in [-0.2, 0) is 9.59 Å². The highest BCUT2D eigenvalue weighted by Gasteiger charge is 2.48. The van der Waals surface area contributed by atoms with Gasteiger partial charge < -0.3 is 0 Å². The van der Waals surface area contributed by atoms with Crippen molar-refractivity contribution in [1.29, 1.82) is 0 Å². The molecule has 1 saturated carbocycles. The molecular formula is C14H23NO2. The van der Waals surface area contributed by atoms with Crippen molar-refractivity contribution in [2.45, 2.75) is 58.8 Å². The highest BCUT2D eigenvalue weighted by atomic mass is 16.2. The van der Waals surface area contributed by atoms with Gasteiger partial charge in [-0.3, -0.25) is 14.9 Å². The van der Waals surface area contributed by atoms with Crippen LogP contribution in [0.5, 0.6) is 0 Å². The Kier molecular flexibility index (Phi) is 3.55. The van der Waals surface area contributed by atoms with Crippen molar-refractivity contribution in [3.8, 4) is 0 Å². The second-order valence-electron chi connectivity index (χ2n) is 5.76. The highest BCUT2D eigenvalue weighted by Crippen LogP contribution is 2.50. The lowest BCUT2D eigenvalue weighted by Gasteiger charge is -2.46. The maximum atomic E-state index is 11.9. The molecule has 3 heteroatoms. The summed E-state index contributed by atoms with van der Waals surface area (Å²) >= 11 is 0. The number of carbonyl (C=O) groups excluding carboxylic acids is 2. The van der Waals surface area contributed by atoms with E-state index in [2.05, 4.69) is 19.2 Å². The van der Waals surface area contributed by atoms with Crippen molar-refractivity contribution in [3.63, 3.8) is 0 Å². The first-order chi connectivity index (χ1) is 8.11. The summed E-state index contributed by atoms with van der Waals surface area (Å²) in [4.78, 5) is 23.6. The Bertz CT molecular complexity index is 316. The third-order valence-electron chi connectivity index (χ3n) is 4.92. The minimum Gasteiger partial charge on any atom is -0.296 e. The Hall–Kier alpha value is -0.860. The normalized spacial score (nSPS) is 38.2. The van der Waals surface area contributed by atoms with Gasteiger partial charge in [0.15, 0.2) is 0 Å². The topological polar surface area (TPSA) is 46.2 Å². The number of carbonyl (C=O) groups is 2. The van der Waals surface area contributed by atoms with Crippen LogP contribution in [0.3, 0.4) is 0 Å². The maximum absolute atomic E-state index is 11.9. The van der Waals surface area contributed by atoms with Crippen LogP contribution in [-0.4, -0.2) is 11.8 Å². The molecule has 2 amide bonds. The molecule has 0 bridgehead atoms. The second kappa shape index (κ2) is 4.79. The molecule has 1 atom stereocenters. The molecule has 96 valence electrons. The molecule has 2 rings (SSSR count). The number of hydrogen-bond acceptors (Lipinski definition) is 2. The molecule has 1 saturated heterocycles. The standard InChI is InChI=1S/C14H23NO2/c1-3-10-5-7-14(8-6-10)9-12(16)15-13(17)11(14)4-2/h10-11H,3-9H2,1-2H3,(H,15,16,17). The van der Waals surface area contributed by atoms with Crippen molar-refractivity contribution in [2.75, 3.05) is 0 Å². The summed E-state index contributed by atoms with van der Waals surface area (Å²) in [5.74, 6) is 0.768. The Morgan fingerprint density at radius 3 is 2.35 bits per heavy atom. The number of piperidine rings is 1. The Morgan fingerprint density at radius 1 is 1.18 bits per heavy atom. The molecule has 2 aliphatic rings. The van der Waals surface area contributed by atoms with Crippen LogP contribution < -0.4 is 5.32 Å². The quantitative estimate of drug-likeness (QED) is 0.750. The highest BCUT2D eigenvalue weighted by molar-refractivity contribution is 5.99. The fourth-order valence-corrected chi connectivity index (χ4v) is 3.79. The molecule has 1 heterocycles. The molecule has 1 aliphatic carbocycles. The zero-order chi connectivity index (χ0) is 12.5. The van der Waals surface area contributed by atoms with Gasteiger partial charge >= 0.3 is 0 Å². The largest absolute Gasteiger partial charge is 0.296 e. The molecule has 1 spiro atoms. The summed E-state index contributed by atoms with van der Waals surface area (Å²) < 4.78 is 0. The first-order valence-electron chi connectivity index (χ1n) is 6.95. The molecule has 17 heavy (non-hydrogen) atoms. The van der Waals surface area contributed by atoms with Gasteiger partial charge in [-0.1, -0.05) is 20.3 Å². The molecular weight excluding hydrogens is 214 g/mol. The molecule has 0 radical (unpaired) electrons. The van der Waals surface area contributed by atoms with Crippen LogP contribution in [0, 0.1) is 17.3 Å². The summed E-state index contributed by atoms with van der Waals surface area (Å²) in [6, 6.07) is 0. The van der Waals surface area contributed by atoms with E-state index in [0.29, 0.717) is 6.42 Å². The van der Waals surface area contributed by atoms with Gasteiger partial charge in [0.2, 0.25) is 11.8 Å². The first-order valence-corrected chi connectivity index (χ1v) is 6.95. The lowest BCUT2D eigenvalue weighted by molar-refractivity contribution is -0.146. The predicted octanol–water partition coefficient (Wildman–Crippen LogP) is 2.65. The van der Waals surface area contributed by atoms with Crippen LogP contribution >= 0.6 is 0 Å². The smallest absolute Gasteiger partial charge is 0.230 e. The monoisotopic (exact) mass is 237 g/mol. The average molecular weight is 237 g/mol. The molecule has 0 aromatic carbocycles. The summed E-state index contributed by atoms with van der Waals surface area (Å²) in [7, 11) is 0. The fourth-order valence-electron chi connectivity index (χ4n) is 3.79. The van der Waals surface area contributed by atoms with Gasteiger partial charge in [-0.2, -0.15) is 0 Å². The van der Waals surface area contributed by atoms with Crippen molar-refractivity contribution < 1.29 is 9.59 Å². The molecule has 2 fully saturated rings. The van der Waals surface area contributed by atoms with E-state index in [1.165, 1.54) is 19.3 Å². The van der Waals surface area contributed by atoms with Gasteiger partial charge in [-0.25, -0.2) is 0 Å². The van der Waals surface area contributed by atoms with E-state index in [9.17, 15) is 9.59 Å². The van der Waals surface area contributed by atoms with Gasteiger partial charge in [-0.05, 0) is 43.4 Å². The van der Waals surface area contributed by atoms with E-state index in [1.54, 1.807) is 0 Å². The van der Waals surface area contributed by atoms with E-state index < -0.39 is 0 Å². The summed E-state index contributed by atoms with van der Waals surface area (Å²) in [5.41, 5.74) is -0.0141. The maximum Gasteiger partial charge on any atom is 0.230 e. The van der Waals surface area contributed by atoms with Crippen LogP contribution in [0.2, 0.25) is 0 Å². The van der Waals surface area contributed by atoms with Crippen LogP contribution in [0.25, 0.3) is 0 Å². The Morgan fingerprint density at radius 2 is 1.82 bits per heavy atom. The Balaban J connectivity index is 2.16. The van der Waals surface area contributed by atoms with Gasteiger partial charge in [-0.15, -0.1) is 0 Å². The third-order valence-corrected chi connectivity index (χ3v) is 4.92. The van der Waals surface area contributed by atoms with Gasteiger partial charge in [0.1, 0.15) is 0 Å². The van der Waals surface area contributed by atoms with Crippen molar-refractivity contribution in [2.24, 2.45) is 17.3 Å². The lowest BCUT2D eigenvalue weighted by Crippen LogP contribution is -2.53. The average Bonchev–Trinajstić information content (AvgIpc) is 2.29. The first kappa shape index (κ1) is 12.6. The predicted molar refractivity (Wildman–Crippen MR) is 66.2 cm³/mol. The Labute approximate surface area is 103 Å². The van der Waals surface area contributed by atoms with E-state index in [-0.39, 0.29) is 23.1 Å². The van der Waals surface area contributed by atoms with E-state index in [4.69, 9.17) is 0 Å². The molecule has 1 unspecified atom stereocenters. The molecule has 1 aliphatic heterocycles. The van der Waals surface area contributed by atoms with Gasteiger partial charge in [0.05, 0.1) is 0 Å². The van der Waals surface area contributed by atoms with Crippen molar-refractivity contribution in [1.82, 2.24) is 5.32 Å². The zero-order valence-electron chi connectivity index (χ0n) is 10.9. The molecule has 0 aromatic rings. The number of amides is 2. The third kappa shape index (κ3) is 2.24. The summed E-state index contributed by atoms with van der Waals surface area (Å²) in [6.45, 7) is 4.30. The van der Waals surface area contributed by atoms with Gasteiger partial charge in [0, 0.05) is 12.3 Å². The molecule has 1 N–H and O–H groups in total. The summed E-state index contributed by atoms with van der Waals surface area (Å²) in [5, 5.41) is 2.50. The van der Waals surface area contributed by atoms with Crippen molar-refractivity contribution in [3.05, 3.63) is 0 Å². The SMILES string of the molecule is CCC1CCC2(CC1)CC(=O)NC(=O)C2CC. The van der Waals surface area contributed by atoms with Crippen LogP contribution in [0.4, 0.5) is 0 Å². The zero-order valence-corrected chi connectivity index (χ0v) is 10.9. The van der Waals surface area contributed by atoms with Crippen molar-refractivity contribution >= 4 is 11.8 Å². The number of hydrogen-bond donors (Lipinski definition) is 1. The number of imide groups is 1. The molecule has 3 nitrogen and oxygen atoms in total. The van der Waals surface area contributed by atoms with Crippen LogP contribution in [0.15, 0.2) is 0 Å². The second-order valence-corrected chi connectivity index (χ2v) is 5.76. The minimum atomic E-state index is -0.0605. The van der Waals surface area contributed by atoms with Gasteiger partial charge in [0.25, 0.3) is 0 Å². The molecule has 0 aromatic heterocycles. The number of nitrogens with one attached hydrogen (secondary N) is 1. The van der Waals surface area contributed by atoms with E-state index in [1.807, 2.05) is 0 Å². The minimum absolute atomic E-state index is 0.0141. The van der Waals surface area contributed by atoms with E-state index in [0.717, 1.165) is 25.2 Å². The van der Waals surface area contributed by atoms with E-state index >= 15 is 0 Å². The lowest BCUT2D eigenvalue weighted by atomic mass is 9.59.